The van der Waals surface area contributed by atoms with Crippen LogP contribution in [-0.2, 0) is 16.1 Å². The number of morpholine rings is 1. The monoisotopic (exact) mass is 346 g/mol. The second kappa shape index (κ2) is 8.25. The van der Waals surface area contributed by atoms with Gasteiger partial charge in [-0.05, 0) is 32.9 Å². The number of hydrogen-bond donors (Lipinski definition) is 0. The zero-order chi connectivity index (χ0) is 17.8. The summed E-state index contributed by atoms with van der Waals surface area (Å²) >= 11 is 0. The molecule has 138 valence electrons. The molecule has 0 aliphatic carbocycles. The molecule has 25 heavy (non-hydrogen) atoms. The van der Waals surface area contributed by atoms with Crippen LogP contribution < -0.4 is 0 Å². The van der Waals surface area contributed by atoms with Crippen molar-refractivity contribution >= 4 is 5.91 Å². The Balaban J connectivity index is 1.49. The number of amides is 1. The van der Waals surface area contributed by atoms with Crippen LogP contribution in [0.5, 0.6) is 0 Å². The van der Waals surface area contributed by atoms with Crippen LogP contribution >= 0.6 is 0 Å². The molecule has 6 nitrogen and oxygen atoms in total. The fourth-order valence-electron chi connectivity index (χ4n) is 3.81. The smallest absolute Gasteiger partial charge is 0.239 e. The number of carbonyl (C=O) groups excluding carboxylic acids is 1. The Morgan fingerprint density at radius 3 is 2.48 bits per heavy atom. The molecular formula is C19H30N4O2. The summed E-state index contributed by atoms with van der Waals surface area (Å²) in [5, 5.41) is 0. The van der Waals surface area contributed by atoms with Crippen molar-refractivity contribution in [2.45, 2.75) is 45.6 Å². The second-order valence-corrected chi connectivity index (χ2v) is 7.31. The van der Waals surface area contributed by atoms with Gasteiger partial charge in [0.25, 0.3) is 0 Å². The van der Waals surface area contributed by atoms with Crippen LogP contribution in [0.25, 0.3) is 0 Å². The SMILES string of the molecule is CC1CN(C(=O)C(C)N2CCN(Cc3ccccn3)CC2)CC(C)O1. The molecule has 1 aromatic heterocycles. The highest BCUT2D eigenvalue weighted by atomic mass is 16.5. The second-order valence-electron chi connectivity index (χ2n) is 7.31. The molecule has 2 saturated heterocycles. The lowest BCUT2D eigenvalue weighted by molar-refractivity contribution is -0.148. The highest BCUT2D eigenvalue weighted by Crippen LogP contribution is 2.15. The molecule has 3 rings (SSSR count). The van der Waals surface area contributed by atoms with Gasteiger partial charge in [-0.3, -0.25) is 19.6 Å². The maximum absolute atomic E-state index is 12.9. The molecule has 3 unspecified atom stereocenters. The normalized spacial score (nSPS) is 27.2. The summed E-state index contributed by atoms with van der Waals surface area (Å²) in [7, 11) is 0. The standard InChI is InChI=1S/C19H30N4O2/c1-15-12-23(13-16(2)25-15)19(24)17(3)22-10-8-21(9-11-22)14-18-6-4-5-7-20-18/h4-7,15-17H,8-14H2,1-3H3. The van der Waals surface area contributed by atoms with E-state index in [1.807, 2.05) is 44.0 Å². The molecule has 0 N–H and O–H groups in total. The van der Waals surface area contributed by atoms with Crippen molar-refractivity contribution in [3.05, 3.63) is 30.1 Å². The van der Waals surface area contributed by atoms with Gasteiger partial charge in [0.05, 0.1) is 23.9 Å². The van der Waals surface area contributed by atoms with E-state index in [0.717, 1.165) is 38.4 Å². The predicted octanol–water partition coefficient (Wildman–Crippen LogP) is 1.22. The molecule has 2 aliphatic rings. The number of carbonyl (C=O) groups is 1. The lowest BCUT2D eigenvalue weighted by Crippen LogP contribution is -2.57. The van der Waals surface area contributed by atoms with Crippen LogP contribution in [0, 0.1) is 0 Å². The highest BCUT2D eigenvalue weighted by Gasteiger charge is 2.32. The zero-order valence-electron chi connectivity index (χ0n) is 15.6. The largest absolute Gasteiger partial charge is 0.372 e. The molecule has 6 heteroatoms. The lowest BCUT2D eigenvalue weighted by Gasteiger charge is -2.41. The Bertz CT molecular complexity index is 550. The molecule has 2 aliphatic heterocycles. The molecule has 0 aromatic carbocycles. The molecule has 1 aromatic rings. The van der Waals surface area contributed by atoms with Crippen LogP contribution in [0.15, 0.2) is 24.4 Å². The summed E-state index contributed by atoms with van der Waals surface area (Å²) in [5.41, 5.74) is 1.11. The zero-order valence-corrected chi connectivity index (χ0v) is 15.6. The molecule has 2 fully saturated rings. The third-order valence-electron chi connectivity index (χ3n) is 5.16. The summed E-state index contributed by atoms with van der Waals surface area (Å²) in [6.07, 6.45) is 2.08. The van der Waals surface area contributed by atoms with Gasteiger partial charge in [0.1, 0.15) is 0 Å². The van der Waals surface area contributed by atoms with Gasteiger partial charge in [0, 0.05) is 52.0 Å². The quantitative estimate of drug-likeness (QED) is 0.821. The molecule has 0 radical (unpaired) electrons. The van der Waals surface area contributed by atoms with E-state index in [1.165, 1.54) is 0 Å². The van der Waals surface area contributed by atoms with E-state index < -0.39 is 0 Å². The Kier molecular flexibility index (Phi) is 6.04. The van der Waals surface area contributed by atoms with E-state index in [0.29, 0.717) is 13.1 Å². The minimum Gasteiger partial charge on any atom is -0.372 e. The molecule has 3 heterocycles. The van der Waals surface area contributed by atoms with Crippen molar-refractivity contribution in [2.75, 3.05) is 39.3 Å². The number of hydrogen-bond acceptors (Lipinski definition) is 5. The number of aromatic nitrogens is 1. The van der Waals surface area contributed by atoms with Crippen LogP contribution in [0.3, 0.4) is 0 Å². The number of piperazine rings is 1. The van der Waals surface area contributed by atoms with Crippen molar-refractivity contribution in [3.8, 4) is 0 Å². The van der Waals surface area contributed by atoms with Crippen molar-refractivity contribution in [3.63, 3.8) is 0 Å². The Morgan fingerprint density at radius 1 is 1.20 bits per heavy atom. The van der Waals surface area contributed by atoms with Crippen LogP contribution in [0.1, 0.15) is 26.5 Å². The maximum atomic E-state index is 12.9. The predicted molar refractivity (Wildman–Crippen MR) is 97.1 cm³/mol. The van der Waals surface area contributed by atoms with Crippen molar-refractivity contribution < 1.29 is 9.53 Å². The Morgan fingerprint density at radius 2 is 1.88 bits per heavy atom. The maximum Gasteiger partial charge on any atom is 0.239 e. The third kappa shape index (κ3) is 4.77. The summed E-state index contributed by atoms with van der Waals surface area (Å²) in [4.78, 5) is 24.0. The fraction of sp³-hybridized carbons (Fsp3) is 0.684. The summed E-state index contributed by atoms with van der Waals surface area (Å²) in [6.45, 7) is 12.2. The summed E-state index contributed by atoms with van der Waals surface area (Å²) < 4.78 is 5.74. The van der Waals surface area contributed by atoms with Crippen molar-refractivity contribution in [1.82, 2.24) is 19.7 Å². The van der Waals surface area contributed by atoms with E-state index >= 15 is 0 Å². The molecule has 0 saturated carbocycles. The van der Waals surface area contributed by atoms with E-state index in [-0.39, 0.29) is 24.2 Å². The first-order chi connectivity index (χ1) is 12.0. The van der Waals surface area contributed by atoms with Gasteiger partial charge in [-0.1, -0.05) is 6.07 Å². The van der Waals surface area contributed by atoms with Gasteiger partial charge in [-0.15, -0.1) is 0 Å². The highest BCUT2D eigenvalue weighted by molar-refractivity contribution is 5.81. The molecule has 0 bridgehead atoms. The van der Waals surface area contributed by atoms with E-state index in [9.17, 15) is 4.79 Å². The van der Waals surface area contributed by atoms with Gasteiger partial charge in [-0.25, -0.2) is 0 Å². The Labute approximate surface area is 150 Å². The molecule has 1 amide bonds. The van der Waals surface area contributed by atoms with Gasteiger partial charge in [0.2, 0.25) is 5.91 Å². The first-order valence-electron chi connectivity index (χ1n) is 9.33. The van der Waals surface area contributed by atoms with E-state index in [1.54, 1.807) is 0 Å². The average molecular weight is 346 g/mol. The van der Waals surface area contributed by atoms with Gasteiger partial charge < -0.3 is 9.64 Å². The molecule has 3 atom stereocenters. The number of rotatable bonds is 4. The fourth-order valence-corrected chi connectivity index (χ4v) is 3.81. The number of ether oxygens (including phenoxy) is 1. The average Bonchev–Trinajstić information content (AvgIpc) is 2.61. The minimum atomic E-state index is -0.0606. The van der Waals surface area contributed by atoms with Crippen LogP contribution in [0.4, 0.5) is 0 Å². The minimum absolute atomic E-state index is 0.0606. The van der Waals surface area contributed by atoms with E-state index in [2.05, 4.69) is 20.9 Å². The van der Waals surface area contributed by atoms with Crippen molar-refractivity contribution in [1.29, 1.82) is 0 Å². The lowest BCUT2D eigenvalue weighted by atomic mass is 10.1. The summed E-state index contributed by atoms with van der Waals surface area (Å²) in [5.74, 6) is 0.236. The topological polar surface area (TPSA) is 48.9 Å². The third-order valence-corrected chi connectivity index (χ3v) is 5.16. The van der Waals surface area contributed by atoms with Gasteiger partial charge in [-0.2, -0.15) is 0 Å². The van der Waals surface area contributed by atoms with Crippen LogP contribution in [0.2, 0.25) is 0 Å². The summed E-state index contributed by atoms with van der Waals surface area (Å²) in [6, 6.07) is 5.99. The van der Waals surface area contributed by atoms with Gasteiger partial charge in [0.15, 0.2) is 0 Å². The van der Waals surface area contributed by atoms with Crippen molar-refractivity contribution in [2.24, 2.45) is 0 Å². The van der Waals surface area contributed by atoms with E-state index in [4.69, 9.17) is 4.74 Å². The Hall–Kier alpha value is -1.50. The van der Waals surface area contributed by atoms with Crippen LogP contribution in [-0.4, -0.2) is 83.1 Å². The first kappa shape index (κ1) is 18.3. The first-order valence-corrected chi connectivity index (χ1v) is 9.33. The van der Waals surface area contributed by atoms with Gasteiger partial charge >= 0.3 is 0 Å². The molecular weight excluding hydrogens is 316 g/mol. The number of nitrogens with zero attached hydrogens (tertiary/aromatic N) is 4. The number of pyridine rings is 1. The molecule has 0 spiro atoms.